The van der Waals surface area contributed by atoms with Crippen LogP contribution in [0.4, 0.5) is 11.5 Å². The van der Waals surface area contributed by atoms with Gasteiger partial charge in [-0.2, -0.15) is 5.10 Å². The van der Waals surface area contributed by atoms with Crippen LogP contribution in [0.25, 0.3) is 0 Å². The van der Waals surface area contributed by atoms with E-state index in [1.54, 1.807) is 0 Å². The van der Waals surface area contributed by atoms with Crippen molar-refractivity contribution in [1.82, 2.24) is 14.7 Å². The van der Waals surface area contributed by atoms with Gasteiger partial charge in [0, 0.05) is 19.1 Å². The maximum atomic E-state index is 6.21. The van der Waals surface area contributed by atoms with Crippen molar-refractivity contribution < 1.29 is 0 Å². The fourth-order valence-electron chi connectivity index (χ4n) is 2.81. The molecule has 5 heteroatoms. The van der Waals surface area contributed by atoms with Gasteiger partial charge in [-0.25, -0.2) is 0 Å². The van der Waals surface area contributed by atoms with Gasteiger partial charge in [0.15, 0.2) is 0 Å². The van der Waals surface area contributed by atoms with Gasteiger partial charge >= 0.3 is 0 Å². The number of nitrogens with two attached hydrogens (primary N) is 1. The summed E-state index contributed by atoms with van der Waals surface area (Å²) in [4.78, 5) is 2.33. The Morgan fingerprint density at radius 1 is 1.42 bits per heavy atom. The molecule has 1 aliphatic carbocycles. The first kappa shape index (κ1) is 14.2. The highest BCUT2D eigenvalue weighted by molar-refractivity contribution is 5.65. The van der Waals surface area contributed by atoms with Crippen molar-refractivity contribution in [1.29, 1.82) is 0 Å². The number of nitrogens with one attached hydrogen (secondary N) is 1. The summed E-state index contributed by atoms with van der Waals surface area (Å²) < 4.78 is 1.87. The van der Waals surface area contributed by atoms with Gasteiger partial charge in [0.2, 0.25) is 0 Å². The van der Waals surface area contributed by atoms with Gasteiger partial charge in [-0.15, -0.1) is 0 Å². The van der Waals surface area contributed by atoms with Crippen molar-refractivity contribution in [2.24, 2.45) is 7.05 Å². The zero-order valence-electron chi connectivity index (χ0n) is 12.8. The lowest BCUT2D eigenvalue weighted by atomic mass is 9.75. The Kier molecular flexibility index (Phi) is 3.76. The predicted molar refractivity (Wildman–Crippen MR) is 80.5 cm³/mol. The molecule has 0 aliphatic heterocycles. The summed E-state index contributed by atoms with van der Waals surface area (Å²) in [6.07, 6.45) is 3.82. The van der Waals surface area contributed by atoms with Crippen molar-refractivity contribution in [3.8, 4) is 0 Å². The molecule has 1 aromatic heterocycles. The maximum Gasteiger partial charge on any atom is 0.147 e. The van der Waals surface area contributed by atoms with Crippen LogP contribution in [-0.2, 0) is 7.05 Å². The SMILES string of the molecule is CC(C)c1nn(C)c(NCC2(N(C)C)CCC2)c1N. The molecular weight excluding hydrogens is 238 g/mol. The average Bonchev–Trinajstić information content (AvgIpc) is 2.54. The number of hydrogen-bond donors (Lipinski definition) is 2. The van der Waals surface area contributed by atoms with Crippen LogP contribution in [-0.4, -0.2) is 40.9 Å². The second-order valence-electron chi connectivity index (χ2n) is 6.25. The van der Waals surface area contributed by atoms with Gasteiger partial charge < -0.3 is 16.0 Å². The summed E-state index contributed by atoms with van der Waals surface area (Å²) in [5.74, 6) is 1.31. The van der Waals surface area contributed by atoms with E-state index in [4.69, 9.17) is 5.73 Å². The molecule has 0 atom stereocenters. The highest BCUT2D eigenvalue weighted by Crippen LogP contribution is 2.37. The molecule has 108 valence electrons. The fourth-order valence-corrected chi connectivity index (χ4v) is 2.81. The smallest absolute Gasteiger partial charge is 0.147 e. The van der Waals surface area contributed by atoms with Crippen molar-refractivity contribution in [3.63, 3.8) is 0 Å². The van der Waals surface area contributed by atoms with Gasteiger partial charge in [-0.1, -0.05) is 13.8 Å². The van der Waals surface area contributed by atoms with Crippen LogP contribution in [0.5, 0.6) is 0 Å². The molecule has 19 heavy (non-hydrogen) atoms. The molecule has 1 aliphatic rings. The lowest BCUT2D eigenvalue weighted by molar-refractivity contribution is 0.0738. The number of likely N-dealkylation sites (N-methyl/N-ethyl adjacent to an activating group) is 1. The van der Waals surface area contributed by atoms with Crippen LogP contribution in [0.3, 0.4) is 0 Å². The second-order valence-corrected chi connectivity index (χ2v) is 6.25. The minimum Gasteiger partial charge on any atom is -0.394 e. The van der Waals surface area contributed by atoms with Crippen LogP contribution in [0.15, 0.2) is 0 Å². The Morgan fingerprint density at radius 2 is 2.05 bits per heavy atom. The lowest BCUT2D eigenvalue weighted by Gasteiger charge is -2.47. The molecule has 1 saturated carbocycles. The molecule has 3 N–H and O–H groups in total. The third-order valence-corrected chi connectivity index (χ3v) is 4.48. The Morgan fingerprint density at radius 3 is 2.42 bits per heavy atom. The first-order valence-corrected chi connectivity index (χ1v) is 7.11. The molecule has 2 rings (SSSR count). The average molecular weight is 265 g/mol. The zero-order valence-corrected chi connectivity index (χ0v) is 12.8. The van der Waals surface area contributed by atoms with E-state index in [9.17, 15) is 0 Å². The monoisotopic (exact) mass is 265 g/mol. The third-order valence-electron chi connectivity index (χ3n) is 4.48. The number of nitrogens with zero attached hydrogens (tertiary/aromatic N) is 3. The molecule has 0 radical (unpaired) electrons. The quantitative estimate of drug-likeness (QED) is 0.855. The molecule has 1 heterocycles. The standard InChI is InChI=1S/C14H27N5/c1-10(2)12-11(15)13(19(5)17-12)16-9-14(18(3)4)7-6-8-14/h10,16H,6-9,15H2,1-5H3. The van der Waals surface area contributed by atoms with E-state index >= 15 is 0 Å². The Hall–Kier alpha value is -1.23. The minimum atomic E-state index is 0.286. The first-order valence-electron chi connectivity index (χ1n) is 7.11. The number of aryl methyl sites for hydroxylation is 1. The van der Waals surface area contributed by atoms with Crippen LogP contribution >= 0.6 is 0 Å². The van der Waals surface area contributed by atoms with Gasteiger partial charge in [-0.05, 0) is 39.3 Å². The van der Waals surface area contributed by atoms with E-state index in [0.29, 0.717) is 5.92 Å². The molecule has 5 nitrogen and oxygen atoms in total. The van der Waals surface area contributed by atoms with Gasteiger partial charge in [-0.3, -0.25) is 4.68 Å². The number of anilines is 2. The van der Waals surface area contributed by atoms with E-state index in [-0.39, 0.29) is 5.54 Å². The van der Waals surface area contributed by atoms with Crippen LogP contribution in [0.1, 0.15) is 44.7 Å². The minimum absolute atomic E-state index is 0.286. The Balaban J connectivity index is 2.12. The fraction of sp³-hybridized carbons (Fsp3) is 0.786. The van der Waals surface area contributed by atoms with Crippen LogP contribution in [0.2, 0.25) is 0 Å². The van der Waals surface area contributed by atoms with E-state index < -0.39 is 0 Å². The lowest BCUT2D eigenvalue weighted by Crippen LogP contribution is -2.54. The molecule has 0 unspecified atom stereocenters. The van der Waals surface area contributed by atoms with Crippen molar-refractivity contribution in [2.75, 3.05) is 31.7 Å². The van der Waals surface area contributed by atoms with E-state index in [2.05, 4.69) is 43.3 Å². The van der Waals surface area contributed by atoms with Gasteiger partial charge in [0.1, 0.15) is 5.82 Å². The summed E-state index contributed by atoms with van der Waals surface area (Å²) >= 11 is 0. The number of nitrogen functional groups attached to an aromatic ring is 1. The topological polar surface area (TPSA) is 59.1 Å². The first-order chi connectivity index (χ1) is 8.87. The predicted octanol–water partition coefficient (Wildman–Crippen LogP) is 2.02. The summed E-state index contributed by atoms with van der Waals surface area (Å²) in [7, 11) is 6.27. The van der Waals surface area contributed by atoms with Crippen molar-refractivity contribution in [2.45, 2.75) is 44.6 Å². The normalized spacial score (nSPS) is 17.8. The Labute approximate surface area is 116 Å². The largest absolute Gasteiger partial charge is 0.394 e. The summed E-state index contributed by atoms with van der Waals surface area (Å²) in [5, 5.41) is 8.03. The highest BCUT2D eigenvalue weighted by Gasteiger charge is 2.39. The number of rotatable bonds is 5. The Bertz CT molecular complexity index is 443. The number of hydrogen-bond acceptors (Lipinski definition) is 4. The molecule has 1 aromatic rings. The molecule has 0 aromatic carbocycles. The third kappa shape index (κ3) is 2.43. The molecular formula is C14H27N5. The van der Waals surface area contributed by atoms with E-state index in [1.165, 1.54) is 19.3 Å². The summed E-state index contributed by atoms with van der Waals surface area (Å²) in [6.45, 7) is 5.17. The number of aromatic nitrogens is 2. The molecule has 0 saturated heterocycles. The summed E-state index contributed by atoms with van der Waals surface area (Å²) in [6, 6.07) is 0. The second kappa shape index (κ2) is 5.04. The van der Waals surface area contributed by atoms with Crippen LogP contribution in [0, 0.1) is 0 Å². The molecule has 0 amide bonds. The molecule has 1 fully saturated rings. The van der Waals surface area contributed by atoms with E-state index in [1.807, 2.05) is 11.7 Å². The van der Waals surface area contributed by atoms with Crippen LogP contribution < -0.4 is 11.1 Å². The molecule has 0 spiro atoms. The van der Waals surface area contributed by atoms with E-state index in [0.717, 1.165) is 23.7 Å². The maximum absolute atomic E-state index is 6.21. The summed E-state index contributed by atoms with van der Waals surface area (Å²) in [5.41, 5.74) is 8.28. The van der Waals surface area contributed by atoms with Gasteiger partial charge in [0.05, 0.1) is 11.4 Å². The van der Waals surface area contributed by atoms with Gasteiger partial charge in [0.25, 0.3) is 0 Å². The molecule has 0 bridgehead atoms. The van der Waals surface area contributed by atoms with Crippen molar-refractivity contribution >= 4 is 11.5 Å². The van der Waals surface area contributed by atoms with Crippen molar-refractivity contribution in [3.05, 3.63) is 5.69 Å². The highest BCUT2D eigenvalue weighted by atomic mass is 15.3. The zero-order chi connectivity index (χ0) is 14.2.